The molecular weight excluding hydrogens is 638 g/mol. The number of aromatic nitrogens is 8. The largest absolute Gasteiger partial charge is 0.324 e. The average molecular weight is 656 g/mol. The molecule has 3 aromatic heterocycles. The van der Waals surface area contributed by atoms with Gasteiger partial charge in [-0.3, -0.25) is 0 Å². The molecule has 8 nitrogen and oxygen atoms in total. The van der Waals surface area contributed by atoms with E-state index in [2.05, 4.69) is 9.97 Å². The van der Waals surface area contributed by atoms with E-state index in [0.29, 0.717) is 45.9 Å². The van der Waals surface area contributed by atoms with Crippen LogP contribution in [0.2, 0.25) is 0 Å². The molecule has 0 fully saturated rings. The van der Waals surface area contributed by atoms with Crippen molar-refractivity contribution in [3.63, 3.8) is 0 Å². The smallest absolute Gasteiger partial charge is 0.164 e. The molecule has 0 amide bonds. The van der Waals surface area contributed by atoms with Crippen molar-refractivity contribution < 1.29 is 16.5 Å². The molecule has 0 saturated carbocycles. The molecule has 0 saturated heterocycles. The molecule has 0 radical (unpaired) electrons. The fourth-order valence-corrected chi connectivity index (χ4v) is 6.26. The molecule has 44 heavy (non-hydrogen) atoms. The van der Waals surface area contributed by atoms with Crippen LogP contribution >= 0.6 is 23.2 Å². The van der Waals surface area contributed by atoms with E-state index in [4.69, 9.17) is 53.1 Å². The fourth-order valence-electron chi connectivity index (χ4n) is 5.90. The Labute approximate surface area is 269 Å². The van der Waals surface area contributed by atoms with E-state index in [-0.39, 0.29) is 16.5 Å². The zero-order valence-electron chi connectivity index (χ0n) is 22.5. The number of rotatable bonds is 1. The van der Waals surface area contributed by atoms with Crippen molar-refractivity contribution in [2.75, 3.05) is 0 Å². The van der Waals surface area contributed by atoms with Crippen molar-refractivity contribution in [2.45, 2.75) is 4.84 Å². The van der Waals surface area contributed by atoms with Crippen molar-refractivity contribution in [3.05, 3.63) is 96.6 Å². The Kier molecular flexibility index (Phi) is 6.24. The Bertz CT molecular complexity index is 2460. The van der Waals surface area contributed by atoms with Crippen LogP contribution in [0.15, 0.2) is 91.0 Å². The summed E-state index contributed by atoms with van der Waals surface area (Å²) in [6.07, 6.45) is 0. The summed E-state index contributed by atoms with van der Waals surface area (Å²) < 4.78 is 0. The van der Waals surface area contributed by atoms with E-state index in [1.165, 1.54) is 0 Å². The van der Waals surface area contributed by atoms with E-state index in [9.17, 15) is 0 Å². The zero-order valence-corrected chi connectivity index (χ0v) is 25.0. The average Bonchev–Trinajstić information content (AvgIpc) is 3.76. The first-order valence-electron chi connectivity index (χ1n) is 13.6. The third-order valence-electron chi connectivity index (χ3n) is 7.85. The minimum absolute atomic E-state index is 0. The van der Waals surface area contributed by atoms with Crippen LogP contribution in [0.4, 0.5) is 0 Å². The Balaban J connectivity index is 0.00000289. The molecule has 7 aromatic rings. The topological polar surface area (TPSA) is 109 Å². The molecule has 214 valence electrons. The number of hydrogen-bond acceptors (Lipinski definition) is 6. The SMILES string of the molecule is ClC(Cl)c1cccc2c3nc4nc(nc5[nH]c(nc6nc(nc([nH]3)c12)-c1ccccc1-6)c1ccccc51)-c1ccccc1-4.[Ni]. The summed E-state index contributed by atoms with van der Waals surface area (Å²) >= 11 is 12.9. The van der Waals surface area contributed by atoms with E-state index < -0.39 is 4.84 Å². The van der Waals surface area contributed by atoms with Crippen LogP contribution in [0.25, 0.3) is 89.7 Å². The zero-order chi connectivity index (χ0) is 28.7. The summed E-state index contributed by atoms with van der Waals surface area (Å²) in [6.45, 7) is 0. The second kappa shape index (κ2) is 10.2. The molecule has 0 aliphatic carbocycles. The molecule has 0 unspecified atom stereocenters. The number of nitrogens with one attached hydrogen (secondary N) is 2. The van der Waals surface area contributed by atoms with Crippen LogP contribution in [-0.4, -0.2) is 39.9 Å². The van der Waals surface area contributed by atoms with Gasteiger partial charge in [0.15, 0.2) is 23.3 Å². The van der Waals surface area contributed by atoms with Gasteiger partial charge < -0.3 is 9.97 Å². The Morgan fingerprint density at radius 2 is 0.818 bits per heavy atom. The van der Waals surface area contributed by atoms with Crippen LogP contribution in [0.1, 0.15) is 10.4 Å². The van der Waals surface area contributed by atoms with E-state index in [1.807, 2.05) is 91.0 Å². The molecule has 5 heterocycles. The van der Waals surface area contributed by atoms with Gasteiger partial charge in [-0.25, -0.2) is 29.9 Å². The predicted octanol–water partition coefficient (Wildman–Crippen LogP) is 8.34. The van der Waals surface area contributed by atoms with Crippen molar-refractivity contribution in [1.29, 1.82) is 0 Å². The first-order chi connectivity index (χ1) is 21.1. The fraction of sp³-hybridized carbons (Fsp3) is 0.0303. The third kappa shape index (κ3) is 4.04. The second-order valence-corrected chi connectivity index (χ2v) is 11.4. The van der Waals surface area contributed by atoms with Crippen LogP contribution in [0.3, 0.4) is 0 Å². The van der Waals surface area contributed by atoms with Gasteiger partial charge in [0.2, 0.25) is 0 Å². The predicted molar refractivity (Wildman–Crippen MR) is 171 cm³/mol. The van der Waals surface area contributed by atoms with Gasteiger partial charge in [0, 0.05) is 60.3 Å². The molecule has 11 heteroatoms. The van der Waals surface area contributed by atoms with Gasteiger partial charge in [-0.05, 0) is 5.56 Å². The minimum Gasteiger partial charge on any atom is -0.324 e. The standard InChI is InChI=1S/C33H18Cl2N8.Ni/c34-25(35)22-14-7-15-23-24(22)33-42-31-21-13-6-5-12-20(21)29(40-31)38-27-17-9-2-1-8-16(17)26(36-27)37-28-18-10-3-4-11-19(18)30(39-28)41-32(23)43-33;/h1-15,25H,(H2,36,37,38,39,40,41,42,43);. The summed E-state index contributed by atoms with van der Waals surface area (Å²) in [5.74, 6) is 2.16. The number of nitrogens with zero attached hydrogens (tertiary/aromatic N) is 6. The van der Waals surface area contributed by atoms with Gasteiger partial charge in [0.05, 0.1) is 0 Å². The summed E-state index contributed by atoms with van der Waals surface area (Å²) in [5.41, 5.74) is 6.67. The van der Waals surface area contributed by atoms with Crippen LogP contribution in [-0.2, 0) is 16.5 Å². The number of H-pyrrole nitrogens is 2. The van der Waals surface area contributed by atoms with Crippen molar-refractivity contribution in [3.8, 4) is 45.6 Å². The minimum atomic E-state index is -0.774. The number of alkyl halides is 2. The number of hydrogen-bond donors (Lipinski definition) is 2. The summed E-state index contributed by atoms with van der Waals surface area (Å²) in [6, 6.07) is 29.7. The van der Waals surface area contributed by atoms with Crippen molar-refractivity contribution in [1.82, 2.24) is 39.9 Å². The van der Waals surface area contributed by atoms with Gasteiger partial charge >= 0.3 is 0 Å². The number of benzene rings is 4. The Morgan fingerprint density at radius 1 is 0.432 bits per heavy atom. The molecule has 2 N–H and O–H groups in total. The monoisotopic (exact) mass is 654 g/mol. The van der Waals surface area contributed by atoms with Gasteiger partial charge in [-0.1, -0.05) is 91.0 Å². The maximum atomic E-state index is 6.46. The summed E-state index contributed by atoms with van der Waals surface area (Å²) in [7, 11) is 0. The van der Waals surface area contributed by atoms with Gasteiger partial charge in [0.1, 0.15) is 27.4 Å². The molecule has 9 rings (SSSR count). The Hall–Kier alpha value is -4.69. The molecule has 0 atom stereocenters. The van der Waals surface area contributed by atoms with E-state index >= 15 is 0 Å². The van der Waals surface area contributed by atoms with Crippen LogP contribution in [0.5, 0.6) is 0 Å². The molecule has 2 aliphatic rings. The molecule has 0 spiro atoms. The molecule has 2 aliphatic heterocycles. The quantitative estimate of drug-likeness (QED) is 0.136. The van der Waals surface area contributed by atoms with Gasteiger partial charge in [0.25, 0.3) is 0 Å². The first kappa shape index (κ1) is 26.9. The van der Waals surface area contributed by atoms with Crippen LogP contribution < -0.4 is 0 Å². The van der Waals surface area contributed by atoms with E-state index in [0.717, 1.165) is 49.4 Å². The second-order valence-electron chi connectivity index (χ2n) is 10.3. The Morgan fingerprint density at radius 3 is 1.30 bits per heavy atom. The first-order valence-corrected chi connectivity index (χ1v) is 14.5. The number of halogens is 2. The van der Waals surface area contributed by atoms with Crippen LogP contribution in [0, 0.1) is 0 Å². The maximum Gasteiger partial charge on any atom is 0.164 e. The third-order valence-corrected chi connectivity index (χ3v) is 8.32. The summed E-state index contributed by atoms with van der Waals surface area (Å²) in [5, 5.41) is 3.45. The molecular formula is C33H18Cl2N8Ni. The molecule has 4 aromatic carbocycles. The van der Waals surface area contributed by atoms with Crippen molar-refractivity contribution >= 4 is 67.3 Å². The van der Waals surface area contributed by atoms with Crippen molar-refractivity contribution in [2.24, 2.45) is 0 Å². The van der Waals surface area contributed by atoms with Gasteiger partial charge in [-0.15, -0.1) is 23.2 Å². The molecule has 8 bridgehead atoms. The maximum absolute atomic E-state index is 6.46. The normalized spacial score (nSPS) is 11.9. The van der Waals surface area contributed by atoms with Gasteiger partial charge in [-0.2, -0.15) is 0 Å². The summed E-state index contributed by atoms with van der Waals surface area (Å²) in [4.78, 5) is 36.0. The van der Waals surface area contributed by atoms with E-state index in [1.54, 1.807) is 0 Å². The number of fused-ring (bicyclic) bond motifs is 20. The number of aromatic amines is 2.